The number of nitrogens with zero attached hydrogens (tertiary/aromatic N) is 2. The molecule has 0 aliphatic carbocycles. The summed E-state index contributed by atoms with van der Waals surface area (Å²) in [6.07, 6.45) is 21.8. The van der Waals surface area contributed by atoms with Gasteiger partial charge in [0.25, 0.3) is 0 Å². The van der Waals surface area contributed by atoms with Crippen LogP contribution in [0.2, 0.25) is 0 Å². The number of amides is 2. The van der Waals surface area contributed by atoms with E-state index < -0.39 is 0 Å². The van der Waals surface area contributed by atoms with E-state index in [1.54, 1.807) is 23.3 Å². The van der Waals surface area contributed by atoms with Crippen LogP contribution in [-0.4, -0.2) is 63.1 Å². The molecule has 1 aromatic heterocycles. The molecular weight excluding hydrogens is 526 g/mol. The van der Waals surface area contributed by atoms with Crippen LogP contribution in [0.4, 0.5) is 9.59 Å². The molecule has 0 unspecified atom stereocenters. The number of unbranched alkanes of at least 4 members (excludes halogenated alkanes) is 14. The second-order valence-corrected chi connectivity index (χ2v) is 12.1. The van der Waals surface area contributed by atoms with Crippen molar-refractivity contribution in [3.05, 3.63) is 17.1 Å². The fourth-order valence-corrected chi connectivity index (χ4v) is 5.59. The van der Waals surface area contributed by atoms with Crippen LogP contribution in [0.25, 0.3) is 0 Å². The van der Waals surface area contributed by atoms with Gasteiger partial charge in [-0.25, -0.2) is 9.59 Å². The molecule has 230 valence electrons. The van der Waals surface area contributed by atoms with E-state index in [9.17, 15) is 9.59 Å². The molecular formula is C31H56N3O5S+. The summed E-state index contributed by atoms with van der Waals surface area (Å²) in [5, 5.41) is 4.86. The van der Waals surface area contributed by atoms with Gasteiger partial charge in [-0.2, -0.15) is 4.57 Å². The van der Waals surface area contributed by atoms with Crippen molar-refractivity contribution >= 4 is 23.5 Å². The Morgan fingerprint density at radius 1 is 0.925 bits per heavy atom. The van der Waals surface area contributed by atoms with Crippen molar-refractivity contribution in [1.82, 2.24) is 10.2 Å². The Kier molecular flexibility index (Phi) is 19.5. The van der Waals surface area contributed by atoms with Crippen molar-refractivity contribution in [3.8, 4) is 0 Å². The maximum Gasteiger partial charge on any atom is 0.409 e. The highest BCUT2D eigenvalue weighted by atomic mass is 32.1. The topological polar surface area (TPSA) is 81.0 Å². The second-order valence-electron chi connectivity index (χ2n) is 11.3. The van der Waals surface area contributed by atoms with E-state index in [-0.39, 0.29) is 30.8 Å². The summed E-state index contributed by atoms with van der Waals surface area (Å²) in [5.74, 6) is 0.132. The molecule has 40 heavy (non-hydrogen) atoms. The molecule has 2 rings (SSSR count). The molecule has 9 heteroatoms. The van der Waals surface area contributed by atoms with Gasteiger partial charge in [-0.05, 0) is 12.8 Å². The molecule has 1 aromatic rings. The summed E-state index contributed by atoms with van der Waals surface area (Å²) < 4.78 is 18.6. The minimum absolute atomic E-state index is 0.132. The molecule has 1 aliphatic heterocycles. The van der Waals surface area contributed by atoms with E-state index in [1.807, 2.05) is 21.7 Å². The molecule has 8 nitrogen and oxygen atoms in total. The number of thiazole rings is 1. The first kappa shape index (κ1) is 34.3. The predicted octanol–water partition coefficient (Wildman–Crippen LogP) is 7.11. The first-order valence-corrected chi connectivity index (χ1v) is 16.8. The third-order valence-electron chi connectivity index (χ3n) is 7.59. The highest BCUT2D eigenvalue weighted by molar-refractivity contribution is 7.07. The Balaban J connectivity index is 1.34. The molecule has 0 saturated carbocycles. The Hall–Kier alpha value is -1.87. The number of rotatable bonds is 23. The quantitative estimate of drug-likeness (QED) is 0.110. The van der Waals surface area contributed by atoms with E-state index in [4.69, 9.17) is 14.2 Å². The number of likely N-dealkylation sites (N-methyl/N-ethyl adjacent to an activating group) is 1. The van der Waals surface area contributed by atoms with Crippen molar-refractivity contribution in [2.45, 2.75) is 122 Å². The fourth-order valence-electron chi connectivity index (χ4n) is 4.96. The molecule has 1 N–H and O–H groups in total. The number of ether oxygens (including phenoxy) is 3. The second kappa shape index (κ2) is 22.8. The molecule has 2 amide bonds. The van der Waals surface area contributed by atoms with Gasteiger partial charge in [0.1, 0.15) is 6.61 Å². The molecule has 1 saturated heterocycles. The van der Waals surface area contributed by atoms with Gasteiger partial charge < -0.3 is 24.4 Å². The van der Waals surface area contributed by atoms with Crippen molar-refractivity contribution in [1.29, 1.82) is 0 Å². The number of aromatic nitrogens is 1. The fraction of sp³-hybridized carbons (Fsp3) is 0.839. The minimum Gasteiger partial charge on any atom is -0.449 e. The lowest BCUT2D eigenvalue weighted by molar-refractivity contribution is -0.691. The van der Waals surface area contributed by atoms with Crippen LogP contribution in [0.3, 0.4) is 0 Å². The minimum atomic E-state index is -0.356. The summed E-state index contributed by atoms with van der Waals surface area (Å²) in [4.78, 5) is 25.8. The van der Waals surface area contributed by atoms with E-state index in [0.29, 0.717) is 32.7 Å². The average molecular weight is 583 g/mol. The molecule has 0 radical (unpaired) electrons. The summed E-state index contributed by atoms with van der Waals surface area (Å²) in [6, 6.07) is 0. The van der Waals surface area contributed by atoms with Gasteiger partial charge in [-0.3, -0.25) is 0 Å². The van der Waals surface area contributed by atoms with Crippen molar-refractivity contribution in [3.63, 3.8) is 0 Å². The summed E-state index contributed by atoms with van der Waals surface area (Å²) in [5.41, 5.74) is 2.01. The summed E-state index contributed by atoms with van der Waals surface area (Å²) >= 11 is 1.62. The highest BCUT2D eigenvalue weighted by Crippen LogP contribution is 2.20. The lowest BCUT2D eigenvalue weighted by atomic mass is 10.0. The molecule has 0 aromatic carbocycles. The zero-order chi connectivity index (χ0) is 28.7. The number of carbonyl (C=O) groups is 2. The Labute approximate surface area is 247 Å². The number of carbonyl (C=O) groups excluding carboxylic acids is 2. The Morgan fingerprint density at radius 2 is 1.55 bits per heavy atom. The Bertz CT molecular complexity index is 764. The molecule has 1 aliphatic rings. The van der Waals surface area contributed by atoms with E-state index in [0.717, 1.165) is 19.4 Å². The smallest absolute Gasteiger partial charge is 0.409 e. The maximum atomic E-state index is 12.2. The number of nitrogens with one attached hydrogen (secondary N) is 1. The molecule has 0 spiro atoms. The van der Waals surface area contributed by atoms with Gasteiger partial charge >= 0.3 is 12.2 Å². The molecule has 1 fully saturated rings. The SMILES string of the molecule is CCCCCCCCCCCCCCCCCNC(=O)OC[C@@H]1CO[C@@H](COC(=O)N(C)CC[n+]2ccsc2)C1. The van der Waals surface area contributed by atoms with Crippen LogP contribution >= 0.6 is 11.3 Å². The van der Waals surface area contributed by atoms with E-state index in [2.05, 4.69) is 12.2 Å². The van der Waals surface area contributed by atoms with Gasteiger partial charge in [-0.15, -0.1) is 0 Å². The largest absolute Gasteiger partial charge is 0.449 e. The van der Waals surface area contributed by atoms with Crippen LogP contribution in [0.5, 0.6) is 0 Å². The number of alkyl carbamates (subject to hydrolysis) is 1. The van der Waals surface area contributed by atoms with Gasteiger partial charge in [-0.1, -0.05) is 108 Å². The van der Waals surface area contributed by atoms with Gasteiger partial charge in [0.2, 0.25) is 5.51 Å². The van der Waals surface area contributed by atoms with Gasteiger partial charge in [0.15, 0.2) is 12.7 Å². The third-order valence-corrected chi connectivity index (χ3v) is 8.26. The van der Waals surface area contributed by atoms with Crippen LogP contribution in [0, 0.1) is 5.92 Å². The molecule has 0 bridgehead atoms. The first-order valence-electron chi connectivity index (χ1n) is 15.9. The predicted molar refractivity (Wildman–Crippen MR) is 161 cm³/mol. The van der Waals surface area contributed by atoms with Crippen molar-refractivity contribution in [2.75, 3.05) is 40.0 Å². The van der Waals surface area contributed by atoms with Crippen LogP contribution < -0.4 is 9.88 Å². The van der Waals surface area contributed by atoms with Gasteiger partial charge in [0.05, 0.1) is 31.2 Å². The summed E-state index contributed by atoms with van der Waals surface area (Å²) in [6.45, 7) is 5.31. The third kappa shape index (κ3) is 17.1. The van der Waals surface area contributed by atoms with Crippen LogP contribution in [0.15, 0.2) is 17.1 Å². The Morgan fingerprint density at radius 3 is 2.15 bits per heavy atom. The monoisotopic (exact) mass is 582 g/mol. The normalized spacial score (nSPS) is 16.6. The number of hydrogen-bond donors (Lipinski definition) is 1. The first-order chi connectivity index (χ1) is 19.6. The van der Waals surface area contributed by atoms with Gasteiger partial charge in [0, 0.05) is 19.5 Å². The van der Waals surface area contributed by atoms with Crippen molar-refractivity contribution in [2.24, 2.45) is 5.92 Å². The lowest BCUT2D eigenvalue weighted by Crippen LogP contribution is -2.40. The summed E-state index contributed by atoms with van der Waals surface area (Å²) in [7, 11) is 1.74. The van der Waals surface area contributed by atoms with E-state index in [1.165, 1.54) is 83.5 Å². The van der Waals surface area contributed by atoms with Crippen LogP contribution in [0.1, 0.15) is 110 Å². The number of hydrogen-bond acceptors (Lipinski definition) is 6. The van der Waals surface area contributed by atoms with E-state index >= 15 is 0 Å². The highest BCUT2D eigenvalue weighted by Gasteiger charge is 2.28. The zero-order valence-corrected chi connectivity index (χ0v) is 26.1. The lowest BCUT2D eigenvalue weighted by Gasteiger charge is -2.17. The zero-order valence-electron chi connectivity index (χ0n) is 25.3. The average Bonchev–Trinajstić information content (AvgIpc) is 3.65. The molecule has 2 atom stereocenters. The molecule has 2 heterocycles. The maximum absolute atomic E-state index is 12.2. The van der Waals surface area contributed by atoms with Crippen LogP contribution in [-0.2, 0) is 20.8 Å². The van der Waals surface area contributed by atoms with Crippen molar-refractivity contribution < 1.29 is 28.4 Å². The standard InChI is InChI=1S/C31H55N3O5S/c1-3-4-5-6-7-8-9-10-11-12-13-14-15-16-17-18-32-30(35)38-25-28-23-29(37-24-28)26-39-31(36)33(2)19-20-34-21-22-40-27-34/h21-22,27-29H,3-20,23-26H2,1-2H3/p+1/t28-,29+/m0/s1.